The minimum absolute atomic E-state index is 0.379. The van der Waals surface area contributed by atoms with Crippen molar-refractivity contribution in [2.24, 2.45) is 0 Å². The lowest BCUT2D eigenvalue weighted by atomic mass is 9.91. The third kappa shape index (κ3) is 3.03. The predicted octanol–water partition coefficient (Wildman–Crippen LogP) is 3.57. The first kappa shape index (κ1) is 14.6. The van der Waals surface area contributed by atoms with Gasteiger partial charge in [0.05, 0.1) is 0 Å². The lowest BCUT2D eigenvalue weighted by Gasteiger charge is -2.23. The van der Waals surface area contributed by atoms with Crippen molar-refractivity contribution in [3.8, 4) is 0 Å². The Morgan fingerprint density at radius 3 is 1.78 bits per heavy atom. The number of amides is 1. The molecule has 100 valence electrons. The third-order valence-electron chi connectivity index (χ3n) is 3.15. The fourth-order valence-corrected chi connectivity index (χ4v) is 2.07. The van der Waals surface area contributed by atoms with Crippen LogP contribution in [0.1, 0.15) is 50.7 Å². The summed E-state index contributed by atoms with van der Waals surface area (Å²) in [4.78, 5) is 12.9. The van der Waals surface area contributed by atoms with Crippen molar-refractivity contribution in [1.82, 2.24) is 0 Å². The summed E-state index contributed by atoms with van der Waals surface area (Å²) >= 11 is 0. The van der Waals surface area contributed by atoms with Gasteiger partial charge in [0.15, 0.2) is 0 Å². The summed E-state index contributed by atoms with van der Waals surface area (Å²) in [6.45, 7) is 8.59. The van der Waals surface area contributed by atoms with E-state index in [0.717, 1.165) is 12.1 Å². The van der Waals surface area contributed by atoms with E-state index in [1.54, 1.807) is 0 Å². The SMILES string of the molecule is CC(C)c1cc(N(C)C)cc(C(C)C)c1NC=O. The number of anilines is 2. The first-order chi connectivity index (χ1) is 8.38. The number of hydrogen-bond donors (Lipinski definition) is 1. The first-order valence-corrected chi connectivity index (χ1v) is 6.43. The molecule has 1 amide bonds. The normalized spacial score (nSPS) is 10.9. The van der Waals surface area contributed by atoms with Gasteiger partial charge >= 0.3 is 0 Å². The molecule has 3 heteroatoms. The van der Waals surface area contributed by atoms with Crippen molar-refractivity contribution in [1.29, 1.82) is 0 Å². The zero-order chi connectivity index (χ0) is 13.9. The molecule has 1 rings (SSSR count). The number of carbonyl (C=O) groups is 1. The Labute approximate surface area is 110 Å². The van der Waals surface area contributed by atoms with Gasteiger partial charge in [0, 0.05) is 25.5 Å². The predicted molar refractivity (Wildman–Crippen MR) is 78.6 cm³/mol. The van der Waals surface area contributed by atoms with Crippen molar-refractivity contribution in [2.75, 3.05) is 24.3 Å². The van der Waals surface area contributed by atoms with Gasteiger partial charge in [-0.3, -0.25) is 4.79 Å². The standard InChI is InChI=1S/C15H24N2O/c1-10(2)13-7-12(17(5)6)8-14(11(3)4)15(13)16-9-18/h7-11H,1-6H3,(H,16,18). The lowest BCUT2D eigenvalue weighted by Crippen LogP contribution is -2.12. The van der Waals surface area contributed by atoms with Crippen LogP contribution in [0.25, 0.3) is 0 Å². The molecule has 0 fully saturated rings. The highest BCUT2D eigenvalue weighted by atomic mass is 16.1. The summed E-state index contributed by atoms with van der Waals surface area (Å²) in [5.74, 6) is 0.759. The van der Waals surface area contributed by atoms with Crippen LogP contribution in [0.2, 0.25) is 0 Å². The number of rotatable bonds is 5. The summed E-state index contributed by atoms with van der Waals surface area (Å²) < 4.78 is 0. The monoisotopic (exact) mass is 248 g/mol. The molecule has 0 aliphatic carbocycles. The van der Waals surface area contributed by atoms with Crippen LogP contribution in [0.4, 0.5) is 11.4 Å². The second-order valence-electron chi connectivity index (χ2n) is 5.47. The van der Waals surface area contributed by atoms with E-state index in [0.29, 0.717) is 11.8 Å². The van der Waals surface area contributed by atoms with Crippen LogP contribution in [0, 0.1) is 0 Å². The Kier molecular flexibility index (Phi) is 4.76. The van der Waals surface area contributed by atoms with Crippen LogP contribution >= 0.6 is 0 Å². The van der Waals surface area contributed by atoms with Crippen LogP contribution < -0.4 is 10.2 Å². The number of nitrogens with zero attached hydrogens (tertiary/aromatic N) is 1. The molecule has 0 aromatic heterocycles. The fourth-order valence-electron chi connectivity index (χ4n) is 2.07. The maximum atomic E-state index is 10.8. The molecule has 1 aromatic carbocycles. The topological polar surface area (TPSA) is 32.3 Å². The average molecular weight is 248 g/mol. The van der Waals surface area contributed by atoms with Gasteiger partial charge in [-0.15, -0.1) is 0 Å². The molecule has 0 saturated carbocycles. The fraction of sp³-hybridized carbons (Fsp3) is 0.533. The summed E-state index contributed by atoms with van der Waals surface area (Å²) in [5, 5.41) is 2.87. The summed E-state index contributed by atoms with van der Waals surface area (Å²) in [6, 6.07) is 4.31. The minimum atomic E-state index is 0.379. The Morgan fingerprint density at radius 1 is 1.06 bits per heavy atom. The largest absolute Gasteiger partial charge is 0.378 e. The Balaban J connectivity index is 3.49. The highest BCUT2D eigenvalue weighted by Crippen LogP contribution is 2.35. The molecule has 0 aliphatic rings. The van der Waals surface area contributed by atoms with Gasteiger partial charge < -0.3 is 10.2 Å². The van der Waals surface area contributed by atoms with Gasteiger partial charge in [0.25, 0.3) is 0 Å². The molecule has 1 aromatic rings. The quantitative estimate of drug-likeness (QED) is 0.808. The lowest BCUT2D eigenvalue weighted by molar-refractivity contribution is -0.105. The Bertz CT molecular complexity index is 393. The number of benzene rings is 1. The van der Waals surface area contributed by atoms with Crippen LogP contribution in [-0.4, -0.2) is 20.5 Å². The second-order valence-corrected chi connectivity index (χ2v) is 5.47. The summed E-state index contributed by atoms with van der Waals surface area (Å²) in [7, 11) is 4.08. The first-order valence-electron chi connectivity index (χ1n) is 6.43. The van der Waals surface area contributed by atoms with E-state index in [-0.39, 0.29) is 0 Å². The van der Waals surface area contributed by atoms with Crippen LogP contribution in [0.5, 0.6) is 0 Å². The molecule has 18 heavy (non-hydrogen) atoms. The highest BCUT2D eigenvalue weighted by Gasteiger charge is 2.16. The molecule has 0 heterocycles. The van der Waals surface area contributed by atoms with Crippen molar-refractivity contribution in [3.05, 3.63) is 23.3 Å². The van der Waals surface area contributed by atoms with Crippen molar-refractivity contribution in [3.63, 3.8) is 0 Å². The van der Waals surface area contributed by atoms with Gasteiger partial charge in [-0.1, -0.05) is 27.7 Å². The van der Waals surface area contributed by atoms with Crippen molar-refractivity contribution in [2.45, 2.75) is 39.5 Å². The van der Waals surface area contributed by atoms with Gasteiger partial charge in [-0.2, -0.15) is 0 Å². The minimum Gasteiger partial charge on any atom is -0.378 e. The highest BCUT2D eigenvalue weighted by molar-refractivity contribution is 5.79. The van der Waals surface area contributed by atoms with E-state index in [9.17, 15) is 4.79 Å². The van der Waals surface area contributed by atoms with Crippen LogP contribution in [-0.2, 0) is 4.79 Å². The van der Waals surface area contributed by atoms with E-state index in [1.165, 1.54) is 16.8 Å². The summed E-state index contributed by atoms with van der Waals surface area (Å²) in [5.41, 5.74) is 4.54. The van der Waals surface area contributed by atoms with E-state index in [1.807, 2.05) is 14.1 Å². The molecular formula is C15H24N2O. The molecule has 0 unspecified atom stereocenters. The van der Waals surface area contributed by atoms with Crippen LogP contribution in [0.3, 0.4) is 0 Å². The van der Waals surface area contributed by atoms with Gasteiger partial charge in [-0.05, 0) is 35.1 Å². The Morgan fingerprint density at radius 2 is 1.50 bits per heavy atom. The smallest absolute Gasteiger partial charge is 0.211 e. The van der Waals surface area contributed by atoms with E-state index < -0.39 is 0 Å². The zero-order valence-electron chi connectivity index (χ0n) is 12.2. The van der Waals surface area contributed by atoms with Crippen molar-refractivity contribution >= 4 is 17.8 Å². The molecule has 0 bridgehead atoms. The van der Waals surface area contributed by atoms with Gasteiger partial charge in [-0.25, -0.2) is 0 Å². The molecule has 0 saturated heterocycles. The number of nitrogens with one attached hydrogen (secondary N) is 1. The maximum absolute atomic E-state index is 10.8. The molecule has 0 atom stereocenters. The molecular weight excluding hydrogens is 224 g/mol. The summed E-state index contributed by atoms with van der Waals surface area (Å²) in [6.07, 6.45) is 0.766. The number of hydrogen-bond acceptors (Lipinski definition) is 2. The van der Waals surface area contributed by atoms with Crippen molar-refractivity contribution < 1.29 is 4.79 Å². The third-order valence-corrected chi connectivity index (χ3v) is 3.15. The van der Waals surface area contributed by atoms with E-state index >= 15 is 0 Å². The zero-order valence-corrected chi connectivity index (χ0v) is 12.2. The molecule has 0 aliphatic heterocycles. The molecule has 0 spiro atoms. The Hall–Kier alpha value is -1.51. The molecule has 0 radical (unpaired) electrons. The van der Waals surface area contributed by atoms with Crippen LogP contribution in [0.15, 0.2) is 12.1 Å². The maximum Gasteiger partial charge on any atom is 0.211 e. The van der Waals surface area contributed by atoms with Gasteiger partial charge in [0.1, 0.15) is 0 Å². The average Bonchev–Trinajstić information content (AvgIpc) is 2.28. The number of carbonyl (C=O) groups excluding carboxylic acids is 1. The molecule has 3 nitrogen and oxygen atoms in total. The molecule has 1 N–H and O–H groups in total. The van der Waals surface area contributed by atoms with E-state index in [4.69, 9.17) is 0 Å². The van der Waals surface area contributed by atoms with Gasteiger partial charge in [0.2, 0.25) is 6.41 Å². The van der Waals surface area contributed by atoms with E-state index in [2.05, 4.69) is 50.0 Å². The second kappa shape index (κ2) is 5.89.